The van der Waals surface area contributed by atoms with Crippen molar-refractivity contribution < 1.29 is 18.3 Å². The quantitative estimate of drug-likeness (QED) is 0.846. The minimum atomic E-state index is -3.72. The summed E-state index contributed by atoms with van der Waals surface area (Å²) in [7, 11) is -2.37. The van der Waals surface area contributed by atoms with E-state index in [0.717, 1.165) is 4.31 Å². The van der Waals surface area contributed by atoms with Crippen LogP contribution in [-0.4, -0.2) is 37.4 Å². The maximum absolute atomic E-state index is 12.1. The Labute approximate surface area is 114 Å². The summed E-state index contributed by atoms with van der Waals surface area (Å²) in [6.45, 7) is -0.0601. The first-order valence-electron chi connectivity index (χ1n) is 4.73. The molecule has 1 N–H and O–H groups in total. The van der Waals surface area contributed by atoms with Gasteiger partial charge in [-0.15, -0.1) is 6.42 Å². The van der Waals surface area contributed by atoms with E-state index in [1.165, 1.54) is 25.2 Å². The predicted molar refractivity (Wildman–Crippen MR) is 69.8 cm³/mol. The minimum absolute atomic E-state index is 0.000396. The molecule has 7 heteroatoms. The fraction of sp³-hybridized carbons (Fsp3) is 0.182. The zero-order chi connectivity index (χ0) is 13.9. The van der Waals surface area contributed by atoms with Crippen LogP contribution in [0.3, 0.4) is 0 Å². The highest BCUT2D eigenvalue weighted by molar-refractivity contribution is 9.10. The summed E-state index contributed by atoms with van der Waals surface area (Å²) in [4.78, 5) is 10.7. The van der Waals surface area contributed by atoms with E-state index in [1.807, 2.05) is 0 Å². The standard InChI is InChI=1S/C11H10BrNO4S/c1-3-6-13(2)18(16,17)10-5-4-8(11(14)15)7-9(10)12/h1,4-5,7H,6H2,2H3,(H,14,15). The van der Waals surface area contributed by atoms with E-state index in [1.54, 1.807) is 0 Å². The van der Waals surface area contributed by atoms with Gasteiger partial charge >= 0.3 is 5.97 Å². The average molecular weight is 332 g/mol. The number of sulfonamides is 1. The predicted octanol–water partition coefficient (Wildman–Crippen LogP) is 1.40. The summed E-state index contributed by atoms with van der Waals surface area (Å²) >= 11 is 3.05. The Morgan fingerprint density at radius 2 is 2.17 bits per heavy atom. The van der Waals surface area contributed by atoms with Gasteiger partial charge in [0.15, 0.2) is 0 Å². The lowest BCUT2D eigenvalue weighted by Crippen LogP contribution is -2.27. The van der Waals surface area contributed by atoms with Gasteiger partial charge < -0.3 is 5.11 Å². The van der Waals surface area contributed by atoms with Gasteiger partial charge in [-0.2, -0.15) is 4.31 Å². The molecule has 0 saturated carbocycles. The maximum Gasteiger partial charge on any atom is 0.335 e. The molecule has 0 fully saturated rings. The number of aromatic carboxylic acids is 1. The van der Waals surface area contributed by atoms with Crippen molar-refractivity contribution in [2.24, 2.45) is 0 Å². The molecule has 0 amide bonds. The monoisotopic (exact) mass is 331 g/mol. The summed E-state index contributed by atoms with van der Waals surface area (Å²) < 4.78 is 25.3. The summed E-state index contributed by atoms with van der Waals surface area (Å²) in [5.74, 6) is 1.10. The largest absolute Gasteiger partial charge is 0.478 e. The lowest BCUT2D eigenvalue weighted by Gasteiger charge is -2.15. The van der Waals surface area contributed by atoms with Gasteiger partial charge in [0.05, 0.1) is 17.0 Å². The number of halogens is 1. The van der Waals surface area contributed by atoms with Gasteiger partial charge in [-0.3, -0.25) is 0 Å². The number of carbonyl (C=O) groups is 1. The van der Waals surface area contributed by atoms with Crippen LogP contribution >= 0.6 is 15.9 Å². The van der Waals surface area contributed by atoms with Crippen LogP contribution in [0.1, 0.15) is 10.4 Å². The molecule has 0 atom stereocenters. The summed E-state index contributed by atoms with van der Waals surface area (Å²) in [6, 6.07) is 3.69. The van der Waals surface area contributed by atoms with Crippen molar-refractivity contribution in [3.05, 3.63) is 28.2 Å². The molecule has 0 aliphatic carbocycles. The van der Waals surface area contributed by atoms with Crippen molar-refractivity contribution >= 4 is 31.9 Å². The second-order valence-electron chi connectivity index (χ2n) is 3.42. The normalized spacial score (nSPS) is 11.2. The van der Waals surface area contributed by atoms with E-state index < -0.39 is 16.0 Å². The molecule has 96 valence electrons. The zero-order valence-electron chi connectivity index (χ0n) is 9.42. The van der Waals surface area contributed by atoms with Crippen LogP contribution < -0.4 is 0 Å². The van der Waals surface area contributed by atoms with Gasteiger partial charge in [-0.05, 0) is 34.1 Å². The van der Waals surface area contributed by atoms with Crippen LogP contribution in [0.5, 0.6) is 0 Å². The van der Waals surface area contributed by atoms with E-state index in [2.05, 4.69) is 21.9 Å². The summed E-state index contributed by atoms with van der Waals surface area (Å²) in [6.07, 6.45) is 5.06. The second-order valence-corrected chi connectivity index (χ2v) is 6.28. The van der Waals surface area contributed by atoms with Crippen LogP contribution in [0, 0.1) is 12.3 Å². The SMILES string of the molecule is C#CCN(C)S(=O)(=O)c1ccc(C(=O)O)cc1Br. The van der Waals surface area contributed by atoms with E-state index in [4.69, 9.17) is 11.5 Å². The van der Waals surface area contributed by atoms with Crippen molar-refractivity contribution in [2.75, 3.05) is 13.6 Å². The average Bonchev–Trinajstić information content (AvgIpc) is 2.28. The highest BCUT2D eigenvalue weighted by Gasteiger charge is 2.23. The number of nitrogens with zero attached hydrogens (tertiary/aromatic N) is 1. The lowest BCUT2D eigenvalue weighted by molar-refractivity contribution is 0.0696. The molecule has 0 bridgehead atoms. The van der Waals surface area contributed by atoms with Crippen molar-refractivity contribution in [2.45, 2.75) is 4.90 Å². The molecular formula is C11H10BrNO4S. The molecule has 0 spiro atoms. The van der Waals surface area contributed by atoms with Crippen LogP contribution in [0.25, 0.3) is 0 Å². The fourth-order valence-electron chi connectivity index (χ4n) is 1.22. The molecule has 18 heavy (non-hydrogen) atoms. The Balaban J connectivity index is 3.27. The minimum Gasteiger partial charge on any atom is -0.478 e. The van der Waals surface area contributed by atoms with E-state index >= 15 is 0 Å². The molecule has 0 heterocycles. The third-order valence-electron chi connectivity index (χ3n) is 2.18. The molecule has 1 rings (SSSR count). The Bertz CT molecular complexity index is 618. The number of benzene rings is 1. The fourth-order valence-corrected chi connectivity index (χ4v) is 3.34. The zero-order valence-corrected chi connectivity index (χ0v) is 11.8. The van der Waals surface area contributed by atoms with Crippen LogP contribution in [-0.2, 0) is 10.0 Å². The van der Waals surface area contributed by atoms with Gasteiger partial charge in [0.25, 0.3) is 0 Å². The number of carboxylic acids is 1. The molecule has 5 nitrogen and oxygen atoms in total. The molecule has 1 aromatic carbocycles. The van der Waals surface area contributed by atoms with Crippen molar-refractivity contribution in [3.63, 3.8) is 0 Å². The number of terminal acetylenes is 1. The third kappa shape index (κ3) is 2.90. The first-order valence-corrected chi connectivity index (χ1v) is 6.96. The highest BCUT2D eigenvalue weighted by atomic mass is 79.9. The number of rotatable bonds is 4. The third-order valence-corrected chi connectivity index (χ3v) is 4.96. The molecule has 0 aliphatic rings. The lowest BCUT2D eigenvalue weighted by atomic mass is 10.2. The smallest absolute Gasteiger partial charge is 0.335 e. The van der Waals surface area contributed by atoms with Crippen LogP contribution in [0.4, 0.5) is 0 Å². The molecule has 0 saturated heterocycles. The number of hydrogen-bond acceptors (Lipinski definition) is 3. The number of hydrogen-bond donors (Lipinski definition) is 1. The second kappa shape index (κ2) is 5.52. The van der Waals surface area contributed by atoms with Crippen molar-refractivity contribution in [1.29, 1.82) is 0 Å². The van der Waals surface area contributed by atoms with Gasteiger partial charge in [-0.1, -0.05) is 5.92 Å². The summed E-state index contributed by atoms with van der Waals surface area (Å²) in [5, 5.41) is 8.79. The number of carboxylic acid groups (broad SMARTS) is 1. The Morgan fingerprint density at radius 1 is 1.56 bits per heavy atom. The van der Waals surface area contributed by atoms with Crippen LogP contribution in [0.2, 0.25) is 0 Å². The van der Waals surface area contributed by atoms with Crippen molar-refractivity contribution in [1.82, 2.24) is 4.31 Å². The van der Waals surface area contributed by atoms with Crippen molar-refractivity contribution in [3.8, 4) is 12.3 Å². The van der Waals surface area contributed by atoms with E-state index in [0.29, 0.717) is 0 Å². The Kier molecular flexibility index (Phi) is 4.51. The first-order chi connectivity index (χ1) is 8.30. The van der Waals surface area contributed by atoms with Gasteiger partial charge in [0.2, 0.25) is 10.0 Å². The summed E-state index contributed by atoms with van der Waals surface area (Å²) in [5.41, 5.74) is 0.000396. The Morgan fingerprint density at radius 3 is 2.61 bits per heavy atom. The molecular weight excluding hydrogens is 322 g/mol. The topological polar surface area (TPSA) is 74.7 Å². The van der Waals surface area contributed by atoms with Gasteiger partial charge in [-0.25, -0.2) is 13.2 Å². The van der Waals surface area contributed by atoms with E-state index in [9.17, 15) is 13.2 Å². The van der Waals surface area contributed by atoms with Crippen LogP contribution in [0.15, 0.2) is 27.6 Å². The molecule has 1 aromatic rings. The first kappa shape index (κ1) is 14.7. The molecule has 0 aromatic heterocycles. The van der Waals surface area contributed by atoms with Gasteiger partial charge in [0.1, 0.15) is 0 Å². The highest BCUT2D eigenvalue weighted by Crippen LogP contribution is 2.25. The molecule has 0 radical (unpaired) electrons. The maximum atomic E-state index is 12.1. The van der Waals surface area contributed by atoms with Gasteiger partial charge in [0, 0.05) is 11.5 Å². The Hall–Kier alpha value is -1.36. The molecule has 0 unspecified atom stereocenters. The molecule has 0 aliphatic heterocycles. The van der Waals surface area contributed by atoms with E-state index in [-0.39, 0.29) is 21.5 Å².